The molecule has 0 fully saturated rings. The van der Waals surface area contributed by atoms with E-state index < -0.39 is 66.2 Å². The Hall–Kier alpha value is -4.20. The number of carboxylic acid groups (broad SMARTS) is 2. The number of rotatable bonds is 16. The van der Waals surface area contributed by atoms with Gasteiger partial charge in [0.05, 0.1) is 12.5 Å². The van der Waals surface area contributed by atoms with Gasteiger partial charge in [-0.2, -0.15) is 0 Å². The van der Waals surface area contributed by atoms with Crippen molar-refractivity contribution < 1.29 is 44.1 Å². The van der Waals surface area contributed by atoms with Crippen LogP contribution < -0.4 is 27.4 Å². The molecule has 4 atom stereocenters. The molecule has 4 amide bonds. The van der Waals surface area contributed by atoms with E-state index in [0.29, 0.717) is 5.56 Å². The monoisotopic (exact) mass is 537 g/mol. The molecule has 10 N–H and O–H groups in total. The average molecular weight is 538 g/mol. The van der Waals surface area contributed by atoms with Crippen molar-refractivity contribution in [1.82, 2.24) is 16.0 Å². The first-order valence-corrected chi connectivity index (χ1v) is 11.9. The molecule has 0 heterocycles. The number of hydrogen-bond acceptors (Lipinski definition) is 8. The molecule has 0 saturated heterocycles. The highest BCUT2D eigenvalue weighted by molar-refractivity contribution is 5.95. The summed E-state index contributed by atoms with van der Waals surface area (Å²) < 4.78 is 0. The second-order valence-electron chi connectivity index (χ2n) is 9.23. The number of carboxylic acids is 2. The molecular weight excluding hydrogens is 502 g/mol. The Labute approximate surface area is 219 Å². The van der Waals surface area contributed by atoms with E-state index in [0.717, 1.165) is 0 Å². The summed E-state index contributed by atoms with van der Waals surface area (Å²) >= 11 is 0. The Balaban J connectivity index is 3.01. The van der Waals surface area contributed by atoms with Crippen LogP contribution in [0.5, 0.6) is 5.75 Å². The van der Waals surface area contributed by atoms with E-state index in [2.05, 4.69) is 16.0 Å². The van der Waals surface area contributed by atoms with E-state index in [9.17, 15) is 39.0 Å². The highest BCUT2D eigenvalue weighted by Gasteiger charge is 2.31. The molecule has 0 aliphatic heterocycles. The number of phenols is 1. The normalized spacial score (nSPS) is 14.0. The minimum Gasteiger partial charge on any atom is -0.508 e. The number of nitrogens with one attached hydrogen (secondary N) is 3. The third-order valence-corrected chi connectivity index (χ3v) is 5.37. The fraction of sp³-hybridized carbons (Fsp3) is 0.500. The predicted molar refractivity (Wildman–Crippen MR) is 133 cm³/mol. The van der Waals surface area contributed by atoms with Gasteiger partial charge in [0, 0.05) is 6.42 Å². The first kappa shape index (κ1) is 31.8. The number of carbonyl (C=O) groups excluding carboxylic acids is 4. The summed E-state index contributed by atoms with van der Waals surface area (Å²) in [6.07, 6.45) is -1.21. The Morgan fingerprint density at radius 3 is 1.87 bits per heavy atom. The van der Waals surface area contributed by atoms with Gasteiger partial charge in [-0.1, -0.05) is 26.0 Å². The molecule has 1 aromatic carbocycles. The van der Waals surface area contributed by atoms with Gasteiger partial charge in [-0.25, -0.2) is 4.79 Å². The summed E-state index contributed by atoms with van der Waals surface area (Å²) in [7, 11) is 0. The van der Waals surface area contributed by atoms with Gasteiger partial charge >= 0.3 is 11.9 Å². The van der Waals surface area contributed by atoms with Crippen molar-refractivity contribution in [1.29, 1.82) is 0 Å². The van der Waals surface area contributed by atoms with E-state index in [1.165, 1.54) is 12.1 Å². The number of aromatic hydroxyl groups is 1. The average Bonchev–Trinajstić information content (AvgIpc) is 2.81. The lowest BCUT2D eigenvalue weighted by molar-refractivity contribution is -0.147. The van der Waals surface area contributed by atoms with Crippen LogP contribution in [0.4, 0.5) is 0 Å². The zero-order valence-electron chi connectivity index (χ0n) is 21.2. The highest BCUT2D eigenvalue weighted by Crippen LogP contribution is 2.12. The quantitative estimate of drug-likeness (QED) is 0.122. The minimum absolute atomic E-state index is 0.0348. The number of aliphatic carboxylic acids is 2. The fourth-order valence-electron chi connectivity index (χ4n) is 3.44. The van der Waals surface area contributed by atoms with Gasteiger partial charge < -0.3 is 42.7 Å². The number of benzene rings is 1. The number of carbonyl (C=O) groups is 6. The van der Waals surface area contributed by atoms with Crippen LogP contribution in [0.2, 0.25) is 0 Å². The molecule has 0 radical (unpaired) electrons. The Kier molecular flexibility index (Phi) is 12.7. The van der Waals surface area contributed by atoms with E-state index >= 15 is 0 Å². The van der Waals surface area contributed by atoms with Crippen LogP contribution in [0.25, 0.3) is 0 Å². The molecule has 1 aromatic rings. The molecule has 1 rings (SSSR count). The van der Waals surface area contributed by atoms with Gasteiger partial charge in [-0.05, 0) is 42.9 Å². The number of amides is 4. The van der Waals surface area contributed by atoms with Crippen molar-refractivity contribution in [2.24, 2.45) is 17.4 Å². The van der Waals surface area contributed by atoms with Crippen molar-refractivity contribution in [3.05, 3.63) is 29.8 Å². The summed E-state index contributed by atoms with van der Waals surface area (Å²) in [5.41, 5.74) is 11.8. The Bertz CT molecular complexity index is 1010. The van der Waals surface area contributed by atoms with Crippen LogP contribution in [0, 0.1) is 5.92 Å². The SMILES string of the molecule is CC(C)CC(NC(=O)C(CCC(N)=O)NC(=O)C(N)Cc1ccc(O)cc1)C(=O)NC(CC(=O)O)C(=O)O. The van der Waals surface area contributed by atoms with Crippen LogP contribution in [-0.2, 0) is 35.2 Å². The number of phenolic OH excluding ortho intramolecular Hbond substituents is 1. The summed E-state index contributed by atoms with van der Waals surface area (Å²) in [5, 5.41) is 34.5. The molecule has 210 valence electrons. The highest BCUT2D eigenvalue weighted by atomic mass is 16.4. The van der Waals surface area contributed by atoms with E-state index in [-0.39, 0.29) is 37.4 Å². The van der Waals surface area contributed by atoms with Gasteiger partial charge in [-0.3, -0.25) is 24.0 Å². The second-order valence-corrected chi connectivity index (χ2v) is 9.23. The molecule has 38 heavy (non-hydrogen) atoms. The van der Waals surface area contributed by atoms with Crippen molar-refractivity contribution in [3.63, 3.8) is 0 Å². The van der Waals surface area contributed by atoms with E-state index in [1.54, 1.807) is 26.0 Å². The Morgan fingerprint density at radius 2 is 1.37 bits per heavy atom. The van der Waals surface area contributed by atoms with Crippen molar-refractivity contribution in [2.75, 3.05) is 0 Å². The van der Waals surface area contributed by atoms with Crippen molar-refractivity contribution >= 4 is 35.6 Å². The van der Waals surface area contributed by atoms with Gasteiger partial charge in [0.1, 0.15) is 23.9 Å². The molecule has 14 heteroatoms. The Morgan fingerprint density at radius 1 is 0.842 bits per heavy atom. The largest absolute Gasteiger partial charge is 0.508 e. The fourth-order valence-corrected chi connectivity index (χ4v) is 3.44. The maximum atomic E-state index is 13.1. The van der Waals surface area contributed by atoms with Crippen molar-refractivity contribution in [2.45, 2.75) is 70.1 Å². The van der Waals surface area contributed by atoms with Crippen molar-refractivity contribution in [3.8, 4) is 5.75 Å². The first-order chi connectivity index (χ1) is 17.7. The molecule has 0 aliphatic carbocycles. The summed E-state index contributed by atoms with van der Waals surface area (Å²) in [6, 6.07) is 0.602. The van der Waals surface area contributed by atoms with Gasteiger partial charge in [0.15, 0.2) is 0 Å². The van der Waals surface area contributed by atoms with Crippen LogP contribution >= 0.6 is 0 Å². The van der Waals surface area contributed by atoms with Crippen LogP contribution in [0.1, 0.15) is 45.1 Å². The van der Waals surface area contributed by atoms with Gasteiger partial charge in [0.25, 0.3) is 0 Å². The molecule has 0 saturated carbocycles. The van der Waals surface area contributed by atoms with E-state index in [4.69, 9.17) is 16.6 Å². The minimum atomic E-state index is -1.73. The lowest BCUT2D eigenvalue weighted by Gasteiger charge is -2.26. The number of nitrogens with two attached hydrogens (primary N) is 2. The van der Waals surface area contributed by atoms with E-state index in [1.807, 2.05) is 0 Å². The molecule has 0 spiro atoms. The zero-order chi connectivity index (χ0) is 29.0. The maximum Gasteiger partial charge on any atom is 0.326 e. The lowest BCUT2D eigenvalue weighted by Crippen LogP contribution is -2.57. The smallest absolute Gasteiger partial charge is 0.326 e. The predicted octanol–water partition coefficient (Wildman–Crippen LogP) is -1.41. The van der Waals surface area contributed by atoms with Crippen LogP contribution in [0.15, 0.2) is 24.3 Å². The number of hydrogen-bond donors (Lipinski definition) is 8. The lowest BCUT2D eigenvalue weighted by atomic mass is 10.0. The molecule has 0 aliphatic rings. The first-order valence-electron chi connectivity index (χ1n) is 11.9. The number of primary amides is 1. The third kappa shape index (κ3) is 11.7. The molecule has 0 bridgehead atoms. The molecular formula is C24H35N5O9. The van der Waals surface area contributed by atoms with Gasteiger partial charge in [0.2, 0.25) is 23.6 Å². The maximum absolute atomic E-state index is 13.1. The zero-order valence-corrected chi connectivity index (χ0v) is 21.2. The summed E-state index contributed by atoms with van der Waals surface area (Å²) in [5.74, 6) is -6.35. The third-order valence-electron chi connectivity index (χ3n) is 5.37. The van der Waals surface area contributed by atoms with Crippen LogP contribution in [0.3, 0.4) is 0 Å². The second kappa shape index (κ2) is 15.1. The molecule has 0 aromatic heterocycles. The molecule has 14 nitrogen and oxygen atoms in total. The standard InChI is InChI=1S/C24H35N5O9/c1-12(2)9-17(23(36)29-18(24(37)38)11-20(32)33)28-22(35)16(7-8-19(26)31)27-21(34)15(25)10-13-3-5-14(30)6-4-13/h3-6,12,15-18,30H,7-11,25H2,1-2H3,(H2,26,31)(H,27,34)(H,28,35)(H,29,36)(H,32,33)(H,37,38). The summed E-state index contributed by atoms with van der Waals surface area (Å²) in [4.78, 5) is 72.2. The summed E-state index contributed by atoms with van der Waals surface area (Å²) in [6.45, 7) is 3.49. The van der Waals surface area contributed by atoms with Crippen LogP contribution in [-0.4, -0.2) is 75.1 Å². The topological polar surface area (TPSA) is 251 Å². The van der Waals surface area contributed by atoms with Gasteiger partial charge in [-0.15, -0.1) is 0 Å². The molecule has 4 unspecified atom stereocenters.